The Labute approximate surface area is 121 Å². The molecule has 0 atom stereocenters. The fourth-order valence-corrected chi connectivity index (χ4v) is 1.54. The Balaban J connectivity index is 3.13. The molecule has 0 aromatic heterocycles. The number of carbonyl (C=O) groups excluding carboxylic acids is 2. The van der Waals surface area contributed by atoms with Crippen LogP contribution in [0.3, 0.4) is 0 Å². The Bertz CT molecular complexity index is 545. The summed E-state index contributed by atoms with van der Waals surface area (Å²) in [4.78, 5) is 22.3. The number of rotatable bonds is 4. The Morgan fingerprint density at radius 2 is 1.41 bits per heavy atom. The third-order valence-electron chi connectivity index (χ3n) is 2.61. The second-order valence-corrected chi connectivity index (χ2v) is 4.50. The van der Waals surface area contributed by atoms with Crippen LogP contribution in [0.25, 0.3) is 0 Å². The zero-order valence-corrected chi connectivity index (χ0v) is 11.2. The number of Topliss-reactive ketones (excluding diaryl/α,β-unsaturated/α-hetero) is 1. The van der Waals surface area contributed by atoms with Crippen LogP contribution in [0, 0.1) is 0 Å². The summed E-state index contributed by atoms with van der Waals surface area (Å²) in [7, 11) is 0. The zero-order chi connectivity index (χ0) is 17.1. The van der Waals surface area contributed by atoms with Crippen LogP contribution in [-0.4, -0.2) is 18.2 Å². The van der Waals surface area contributed by atoms with Crippen LogP contribution in [-0.2, 0) is 17.1 Å². The van der Waals surface area contributed by atoms with Crippen molar-refractivity contribution >= 4 is 11.7 Å². The van der Waals surface area contributed by atoms with E-state index < -0.39 is 35.0 Å². The van der Waals surface area contributed by atoms with E-state index in [1.54, 1.807) is 0 Å². The smallest absolute Gasteiger partial charge is 0.352 e. The van der Waals surface area contributed by atoms with Gasteiger partial charge in [0.15, 0.2) is 0 Å². The molecule has 122 valence electrons. The lowest BCUT2D eigenvalue weighted by atomic mass is 10.0. The highest BCUT2D eigenvalue weighted by Gasteiger charge is 2.37. The summed E-state index contributed by atoms with van der Waals surface area (Å²) in [6, 6.07) is 0.600. The van der Waals surface area contributed by atoms with Gasteiger partial charge in [-0.3, -0.25) is 9.59 Å². The summed E-state index contributed by atoms with van der Waals surface area (Å²) < 4.78 is 75.7. The van der Waals surface area contributed by atoms with Crippen molar-refractivity contribution < 1.29 is 35.9 Å². The number of benzene rings is 1. The second-order valence-electron chi connectivity index (χ2n) is 4.50. The van der Waals surface area contributed by atoms with E-state index in [2.05, 4.69) is 5.32 Å². The number of amides is 1. The van der Waals surface area contributed by atoms with Gasteiger partial charge in [-0.25, -0.2) is 0 Å². The summed E-state index contributed by atoms with van der Waals surface area (Å²) in [6.07, 6.45) is -10.1. The Morgan fingerprint density at radius 1 is 0.955 bits per heavy atom. The van der Waals surface area contributed by atoms with Gasteiger partial charge in [0.25, 0.3) is 5.91 Å². The summed E-state index contributed by atoms with van der Waals surface area (Å²) >= 11 is 0. The van der Waals surface area contributed by atoms with Gasteiger partial charge < -0.3 is 5.32 Å². The van der Waals surface area contributed by atoms with Crippen LogP contribution in [0.15, 0.2) is 18.2 Å². The summed E-state index contributed by atoms with van der Waals surface area (Å²) in [5, 5.41) is 2.09. The predicted molar refractivity (Wildman–Crippen MR) is 64.1 cm³/mol. The molecule has 0 aliphatic heterocycles. The van der Waals surface area contributed by atoms with Crippen LogP contribution < -0.4 is 5.32 Å². The van der Waals surface area contributed by atoms with E-state index in [0.717, 1.165) is 0 Å². The lowest BCUT2D eigenvalue weighted by Gasteiger charge is -2.14. The van der Waals surface area contributed by atoms with Crippen molar-refractivity contribution in [3.05, 3.63) is 34.9 Å². The fourth-order valence-electron chi connectivity index (χ4n) is 1.54. The van der Waals surface area contributed by atoms with E-state index in [1.807, 2.05) is 0 Å². The molecule has 0 fully saturated rings. The molecular weight excluding hydrogens is 316 g/mol. The number of alkyl halides is 6. The van der Waals surface area contributed by atoms with Gasteiger partial charge in [0.1, 0.15) is 5.78 Å². The molecule has 0 aliphatic rings. The fraction of sp³-hybridized carbons (Fsp3) is 0.385. The standard InChI is InChI=1S/C13H11F6NO2/c1-7(21)2-3-20-11(22)8-4-9(12(14,15)16)6-10(5-8)13(17,18)19/h4-6H,2-3H2,1H3,(H,20,22). The van der Waals surface area contributed by atoms with Crippen LogP contribution in [0.5, 0.6) is 0 Å². The maximum Gasteiger partial charge on any atom is 0.416 e. The van der Waals surface area contributed by atoms with E-state index >= 15 is 0 Å². The van der Waals surface area contributed by atoms with Gasteiger partial charge in [0.05, 0.1) is 11.1 Å². The van der Waals surface area contributed by atoms with Crippen LogP contribution in [0.2, 0.25) is 0 Å². The first-order chi connectivity index (χ1) is 9.91. The molecule has 0 saturated heterocycles. The third kappa shape index (κ3) is 5.05. The minimum Gasteiger partial charge on any atom is -0.352 e. The lowest BCUT2D eigenvalue weighted by Crippen LogP contribution is -2.26. The average Bonchev–Trinajstić information content (AvgIpc) is 2.35. The first-order valence-electron chi connectivity index (χ1n) is 5.98. The average molecular weight is 327 g/mol. The largest absolute Gasteiger partial charge is 0.416 e. The molecule has 0 saturated carbocycles. The van der Waals surface area contributed by atoms with E-state index in [0.29, 0.717) is 12.1 Å². The molecule has 1 rings (SSSR count). The van der Waals surface area contributed by atoms with Gasteiger partial charge in [-0.15, -0.1) is 0 Å². The molecule has 0 spiro atoms. The van der Waals surface area contributed by atoms with Crippen molar-refractivity contribution in [2.45, 2.75) is 25.7 Å². The highest BCUT2D eigenvalue weighted by molar-refractivity contribution is 5.94. The molecule has 1 amide bonds. The van der Waals surface area contributed by atoms with E-state index in [-0.39, 0.29) is 24.8 Å². The molecule has 0 heterocycles. The molecule has 0 radical (unpaired) electrons. The summed E-state index contributed by atoms with van der Waals surface area (Å²) in [5.74, 6) is -1.39. The number of carbonyl (C=O) groups is 2. The van der Waals surface area contributed by atoms with Crippen LogP contribution >= 0.6 is 0 Å². The van der Waals surface area contributed by atoms with E-state index in [9.17, 15) is 35.9 Å². The molecule has 0 bridgehead atoms. The van der Waals surface area contributed by atoms with Gasteiger partial charge >= 0.3 is 12.4 Å². The monoisotopic (exact) mass is 327 g/mol. The maximum absolute atomic E-state index is 12.6. The predicted octanol–water partition coefficient (Wildman–Crippen LogP) is 3.43. The van der Waals surface area contributed by atoms with Gasteiger partial charge in [-0.05, 0) is 25.1 Å². The van der Waals surface area contributed by atoms with Crippen molar-refractivity contribution in [2.24, 2.45) is 0 Å². The van der Waals surface area contributed by atoms with Gasteiger partial charge in [0.2, 0.25) is 0 Å². The van der Waals surface area contributed by atoms with Crippen LogP contribution in [0.4, 0.5) is 26.3 Å². The van der Waals surface area contributed by atoms with Gasteiger partial charge in [0, 0.05) is 18.5 Å². The van der Waals surface area contributed by atoms with Crippen molar-refractivity contribution in [3.63, 3.8) is 0 Å². The van der Waals surface area contributed by atoms with E-state index in [4.69, 9.17) is 0 Å². The first kappa shape index (κ1) is 18.0. The normalized spacial score (nSPS) is 12.1. The van der Waals surface area contributed by atoms with E-state index in [1.165, 1.54) is 6.92 Å². The first-order valence-corrected chi connectivity index (χ1v) is 5.98. The number of nitrogens with one attached hydrogen (secondary N) is 1. The second kappa shape index (κ2) is 6.37. The SMILES string of the molecule is CC(=O)CCNC(=O)c1cc(C(F)(F)F)cc(C(F)(F)F)c1. The van der Waals surface area contributed by atoms with Crippen molar-refractivity contribution in [1.82, 2.24) is 5.32 Å². The third-order valence-corrected chi connectivity index (χ3v) is 2.61. The quantitative estimate of drug-likeness (QED) is 0.861. The lowest BCUT2D eigenvalue weighted by molar-refractivity contribution is -0.143. The molecule has 1 aromatic carbocycles. The minimum absolute atomic E-state index is 0.0631. The highest BCUT2D eigenvalue weighted by atomic mass is 19.4. The zero-order valence-electron chi connectivity index (χ0n) is 11.2. The molecule has 0 aliphatic carbocycles. The highest BCUT2D eigenvalue weighted by Crippen LogP contribution is 2.36. The van der Waals surface area contributed by atoms with Crippen LogP contribution in [0.1, 0.15) is 34.8 Å². The molecule has 1 N–H and O–H groups in total. The molecule has 1 aromatic rings. The molecule has 3 nitrogen and oxygen atoms in total. The summed E-state index contributed by atoms with van der Waals surface area (Å²) in [6.45, 7) is 1.06. The molecule has 9 heteroatoms. The number of hydrogen-bond acceptors (Lipinski definition) is 2. The number of halogens is 6. The molecule has 22 heavy (non-hydrogen) atoms. The summed E-state index contributed by atoms with van der Waals surface area (Å²) in [5.41, 5.74) is -3.91. The van der Waals surface area contributed by atoms with Gasteiger partial charge in [-0.1, -0.05) is 0 Å². The molecular formula is C13H11F6NO2. The topological polar surface area (TPSA) is 46.2 Å². The van der Waals surface area contributed by atoms with Crippen molar-refractivity contribution in [2.75, 3.05) is 6.54 Å². The Morgan fingerprint density at radius 3 is 1.77 bits per heavy atom. The minimum atomic E-state index is -5.02. The van der Waals surface area contributed by atoms with Crippen molar-refractivity contribution in [3.8, 4) is 0 Å². The molecule has 0 unspecified atom stereocenters. The Hall–Kier alpha value is -2.06. The maximum atomic E-state index is 12.6. The van der Waals surface area contributed by atoms with Gasteiger partial charge in [-0.2, -0.15) is 26.3 Å². The number of ketones is 1. The Kier molecular flexibility index (Phi) is 5.21. The van der Waals surface area contributed by atoms with Crippen molar-refractivity contribution in [1.29, 1.82) is 0 Å². The number of hydrogen-bond donors (Lipinski definition) is 1.